The lowest BCUT2D eigenvalue weighted by molar-refractivity contribution is 0.203. The van der Waals surface area contributed by atoms with E-state index in [-0.39, 0.29) is 12.1 Å². The molecule has 2 amide bonds. The van der Waals surface area contributed by atoms with E-state index in [1.807, 2.05) is 20.2 Å². The average molecular weight is 300 g/mol. The zero-order valence-corrected chi connectivity index (χ0v) is 13.9. The third kappa shape index (κ3) is 4.10. The highest BCUT2D eigenvalue weighted by Crippen LogP contribution is 2.17. The molecular formula is C17H24N4O. The SMILES string of the molecule is Cc1cc(C)cc([C@H](C)NC(=O)N(C)Cc2cnn(C)c2)c1. The minimum Gasteiger partial charge on any atom is -0.331 e. The summed E-state index contributed by atoms with van der Waals surface area (Å²) in [4.78, 5) is 14.0. The average Bonchev–Trinajstić information content (AvgIpc) is 2.82. The van der Waals surface area contributed by atoms with Crippen LogP contribution in [0.2, 0.25) is 0 Å². The van der Waals surface area contributed by atoms with E-state index in [2.05, 4.69) is 42.5 Å². The summed E-state index contributed by atoms with van der Waals surface area (Å²) in [6, 6.07) is 6.24. The maximum Gasteiger partial charge on any atom is 0.317 e. The molecule has 2 aromatic rings. The summed E-state index contributed by atoms with van der Waals surface area (Å²) in [6.45, 7) is 6.68. The van der Waals surface area contributed by atoms with Crippen LogP contribution in [0.3, 0.4) is 0 Å². The van der Waals surface area contributed by atoms with E-state index < -0.39 is 0 Å². The molecular weight excluding hydrogens is 276 g/mol. The highest BCUT2D eigenvalue weighted by atomic mass is 16.2. The van der Waals surface area contributed by atoms with Gasteiger partial charge in [-0.2, -0.15) is 5.10 Å². The van der Waals surface area contributed by atoms with Crippen molar-refractivity contribution in [1.29, 1.82) is 0 Å². The predicted molar refractivity (Wildman–Crippen MR) is 87.5 cm³/mol. The molecule has 0 aliphatic carbocycles. The Morgan fingerprint density at radius 1 is 1.32 bits per heavy atom. The molecule has 1 aromatic carbocycles. The van der Waals surface area contributed by atoms with E-state index in [0.717, 1.165) is 11.1 Å². The second kappa shape index (κ2) is 6.64. The summed E-state index contributed by atoms with van der Waals surface area (Å²) in [5, 5.41) is 7.15. The fourth-order valence-electron chi connectivity index (χ4n) is 2.54. The first-order valence-corrected chi connectivity index (χ1v) is 7.42. The first kappa shape index (κ1) is 16.1. The molecule has 0 aliphatic rings. The molecule has 0 saturated heterocycles. The maximum atomic E-state index is 12.3. The molecule has 2 rings (SSSR count). The van der Waals surface area contributed by atoms with Crippen LogP contribution < -0.4 is 5.32 Å². The monoisotopic (exact) mass is 300 g/mol. The zero-order chi connectivity index (χ0) is 16.3. The van der Waals surface area contributed by atoms with Gasteiger partial charge in [0.15, 0.2) is 0 Å². The van der Waals surface area contributed by atoms with E-state index in [4.69, 9.17) is 0 Å². The van der Waals surface area contributed by atoms with Crippen molar-refractivity contribution in [2.24, 2.45) is 7.05 Å². The maximum absolute atomic E-state index is 12.3. The number of nitrogens with zero attached hydrogens (tertiary/aromatic N) is 3. The summed E-state index contributed by atoms with van der Waals surface area (Å²) >= 11 is 0. The Balaban J connectivity index is 1.98. The fraction of sp³-hybridized carbons (Fsp3) is 0.412. The number of nitrogens with one attached hydrogen (secondary N) is 1. The summed E-state index contributed by atoms with van der Waals surface area (Å²) in [6.07, 6.45) is 3.69. The number of aryl methyl sites for hydroxylation is 3. The molecule has 1 aromatic heterocycles. The minimum atomic E-state index is -0.0875. The molecule has 0 radical (unpaired) electrons. The molecule has 22 heavy (non-hydrogen) atoms. The standard InChI is InChI=1S/C17H24N4O/c1-12-6-13(2)8-16(7-12)14(3)19-17(22)20(4)10-15-9-18-21(5)11-15/h6-9,11,14H,10H2,1-5H3,(H,19,22)/t14-/m0/s1. The molecule has 0 spiro atoms. The number of hydrogen-bond donors (Lipinski definition) is 1. The van der Waals surface area contributed by atoms with Gasteiger partial charge >= 0.3 is 6.03 Å². The van der Waals surface area contributed by atoms with Crippen molar-refractivity contribution in [2.75, 3.05) is 7.05 Å². The Hall–Kier alpha value is -2.30. The van der Waals surface area contributed by atoms with Crippen molar-refractivity contribution in [3.63, 3.8) is 0 Å². The van der Waals surface area contributed by atoms with E-state index in [9.17, 15) is 4.79 Å². The minimum absolute atomic E-state index is 0.0255. The Labute approximate surface area is 131 Å². The third-order valence-corrected chi connectivity index (χ3v) is 3.61. The Kier molecular flexibility index (Phi) is 4.85. The molecule has 0 bridgehead atoms. The van der Waals surface area contributed by atoms with Crippen LogP contribution in [-0.4, -0.2) is 27.8 Å². The lowest BCUT2D eigenvalue weighted by Gasteiger charge is -2.21. The van der Waals surface area contributed by atoms with Crippen molar-refractivity contribution in [2.45, 2.75) is 33.4 Å². The summed E-state index contributed by atoms with van der Waals surface area (Å²) < 4.78 is 1.74. The van der Waals surface area contributed by atoms with Gasteiger partial charge < -0.3 is 10.2 Å². The first-order valence-electron chi connectivity index (χ1n) is 7.42. The van der Waals surface area contributed by atoms with Crippen molar-refractivity contribution in [3.8, 4) is 0 Å². The van der Waals surface area contributed by atoms with E-state index in [0.29, 0.717) is 6.54 Å². The van der Waals surface area contributed by atoms with Crippen molar-refractivity contribution in [1.82, 2.24) is 20.0 Å². The van der Waals surface area contributed by atoms with Crippen LogP contribution >= 0.6 is 0 Å². The van der Waals surface area contributed by atoms with Crippen LogP contribution in [0, 0.1) is 13.8 Å². The Bertz CT molecular complexity index is 642. The number of hydrogen-bond acceptors (Lipinski definition) is 2. The fourth-order valence-corrected chi connectivity index (χ4v) is 2.54. The highest BCUT2D eigenvalue weighted by Gasteiger charge is 2.14. The molecule has 1 N–H and O–H groups in total. The molecule has 0 saturated carbocycles. The van der Waals surface area contributed by atoms with E-state index in [1.165, 1.54) is 11.1 Å². The van der Waals surface area contributed by atoms with Crippen LogP contribution in [0.4, 0.5) is 4.79 Å². The number of rotatable bonds is 4. The second-order valence-corrected chi connectivity index (χ2v) is 5.97. The van der Waals surface area contributed by atoms with Crippen LogP contribution in [-0.2, 0) is 13.6 Å². The topological polar surface area (TPSA) is 50.2 Å². The van der Waals surface area contributed by atoms with Gasteiger partial charge in [-0.3, -0.25) is 4.68 Å². The van der Waals surface area contributed by atoms with Gasteiger partial charge in [0.2, 0.25) is 0 Å². The van der Waals surface area contributed by atoms with Crippen molar-refractivity contribution < 1.29 is 4.79 Å². The third-order valence-electron chi connectivity index (χ3n) is 3.61. The van der Waals surface area contributed by atoms with Gasteiger partial charge in [-0.1, -0.05) is 29.3 Å². The number of carbonyl (C=O) groups excluding carboxylic acids is 1. The molecule has 1 atom stereocenters. The summed E-state index contributed by atoms with van der Waals surface area (Å²) in [5.41, 5.74) is 4.56. The molecule has 5 heteroatoms. The molecule has 0 unspecified atom stereocenters. The molecule has 0 aliphatic heterocycles. The number of carbonyl (C=O) groups is 1. The number of urea groups is 1. The molecule has 1 heterocycles. The number of aromatic nitrogens is 2. The van der Waals surface area contributed by atoms with Crippen LogP contribution in [0.1, 0.15) is 35.2 Å². The molecule has 118 valence electrons. The number of benzene rings is 1. The van der Waals surface area contributed by atoms with Gasteiger partial charge in [0.1, 0.15) is 0 Å². The van der Waals surface area contributed by atoms with Crippen molar-refractivity contribution >= 4 is 6.03 Å². The molecule has 0 fully saturated rings. The van der Waals surface area contributed by atoms with Crippen LogP contribution in [0.25, 0.3) is 0 Å². The summed E-state index contributed by atoms with van der Waals surface area (Å²) in [5.74, 6) is 0. The zero-order valence-electron chi connectivity index (χ0n) is 13.9. The van der Waals surface area contributed by atoms with Gasteiger partial charge in [-0.25, -0.2) is 4.79 Å². The van der Waals surface area contributed by atoms with E-state index in [1.54, 1.807) is 22.8 Å². The first-order chi connectivity index (χ1) is 10.3. The van der Waals surface area contributed by atoms with Crippen molar-refractivity contribution in [3.05, 3.63) is 52.8 Å². The van der Waals surface area contributed by atoms with Crippen LogP contribution in [0.15, 0.2) is 30.6 Å². The number of amides is 2. The molecule has 5 nitrogen and oxygen atoms in total. The van der Waals surface area contributed by atoms with Gasteiger partial charge in [-0.05, 0) is 26.3 Å². The lowest BCUT2D eigenvalue weighted by atomic mass is 10.0. The highest BCUT2D eigenvalue weighted by molar-refractivity contribution is 5.74. The van der Waals surface area contributed by atoms with Gasteiger partial charge in [0, 0.05) is 25.9 Å². The quantitative estimate of drug-likeness (QED) is 0.944. The largest absolute Gasteiger partial charge is 0.331 e. The normalized spacial score (nSPS) is 12.0. The lowest BCUT2D eigenvalue weighted by Crippen LogP contribution is -2.38. The summed E-state index contributed by atoms with van der Waals surface area (Å²) in [7, 11) is 3.66. The van der Waals surface area contributed by atoms with Gasteiger partial charge in [0.05, 0.1) is 18.8 Å². The van der Waals surface area contributed by atoms with Crippen LogP contribution in [0.5, 0.6) is 0 Å². The Morgan fingerprint density at radius 2 is 1.95 bits per heavy atom. The predicted octanol–water partition coefficient (Wildman–Crippen LogP) is 2.94. The van der Waals surface area contributed by atoms with Gasteiger partial charge in [-0.15, -0.1) is 0 Å². The smallest absolute Gasteiger partial charge is 0.317 e. The van der Waals surface area contributed by atoms with Gasteiger partial charge in [0.25, 0.3) is 0 Å². The second-order valence-electron chi connectivity index (χ2n) is 5.97. The Morgan fingerprint density at radius 3 is 2.50 bits per heavy atom. The van der Waals surface area contributed by atoms with E-state index >= 15 is 0 Å².